The average molecular weight is 333 g/mol. The third-order valence-electron chi connectivity index (χ3n) is 3.20. The largest absolute Gasteiger partial charge is 0.326 e. The number of anilines is 1. The molecule has 1 aromatic carbocycles. The number of Topliss-reactive ketones (excluding diaryl/α,β-unsaturated/α-hetero) is 1. The molecule has 1 atom stereocenters. The molecule has 0 aromatic heterocycles. The monoisotopic (exact) mass is 333 g/mol. The van der Waals surface area contributed by atoms with Crippen LogP contribution in [0.15, 0.2) is 29.3 Å². The van der Waals surface area contributed by atoms with Gasteiger partial charge in [0.2, 0.25) is 11.8 Å². The number of hydrogen-bond donors (Lipinski definition) is 2. The van der Waals surface area contributed by atoms with Crippen LogP contribution in [0.5, 0.6) is 0 Å². The molecular weight excluding hydrogens is 314 g/mol. The highest BCUT2D eigenvalue weighted by molar-refractivity contribution is 8.15. The molecule has 1 saturated heterocycles. The summed E-state index contributed by atoms with van der Waals surface area (Å²) in [5.41, 5.74) is 1.19. The minimum Gasteiger partial charge on any atom is -0.326 e. The Balaban J connectivity index is 1.89. The van der Waals surface area contributed by atoms with E-state index in [1.54, 1.807) is 24.3 Å². The van der Waals surface area contributed by atoms with Crippen LogP contribution in [0.2, 0.25) is 0 Å². The second kappa shape index (κ2) is 7.92. The number of nitrogens with zero attached hydrogens (tertiary/aromatic N) is 1. The molecule has 6 nitrogen and oxygen atoms in total. The fraction of sp³-hybridized carbons (Fsp3) is 0.375. The standard InChI is InChI=1S/C16H19N3O3S/c1-3-8-17-16-19-15(22)13(23-16)9-14(21)18-12-6-4-11(5-7-12)10(2)20/h4-7,13H,3,8-9H2,1-2H3,(H,18,21)(H,17,19,22). The first-order valence-electron chi connectivity index (χ1n) is 7.42. The van der Waals surface area contributed by atoms with Crippen LogP contribution in [0.3, 0.4) is 0 Å². The number of amidine groups is 1. The van der Waals surface area contributed by atoms with Crippen molar-refractivity contribution in [1.29, 1.82) is 0 Å². The molecule has 0 aliphatic carbocycles. The molecule has 7 heteroatoms. The van der Waals surface area contributed by atoms with Crippen LogP contribution in [0.1, 0.15) is 37.0 Å². The Bertz CT molecular complexity index is 640. The number of thioether (sulfide) groups is 1. The lowest BCUT2D eigenvalue weighted by Gasteiger charge is -2.07. The smallest absolute Gasteiger partial charge is 0.240 e. The van der Waals surface area contributed by atoms with E-state index in [9.17, 15) is 14.4 Å². The molecule has 23 heavy (non-hydrogen) atoms. The quantitative estimate of drug-likeness (QED) is 0.781. The van der Waals surface area contributed by atoms with Gasteiger partial charge in [0, 0.05) is 24.2 Å². The summed E-state index contributed by atoms with van der Waals surface area (Å²) in [6.07, 6.45) is 0.984. The average Bonchev–Trinajstić information content (AvgIpc) is 2.85. The van der Waals surface area contributed by atoms with Gasteiger partial charge in [0.1, 0.15) is 5.25 Å². The van der Waals surface area contributed by atoms with Crippen LogP contribution >= 0.6 is 11.8 Å². The zero-order chi connectivity index (χ0) is 16.8. The van der Waals surface area contributed by atoms with E-state index in [-0.39, 0.29) is 24.0 Å². The normalized spacial score (nSPS) is 18.8. The van der Waals surface area contributed by atoms with Gasteiger partial charge in [0.05, 0.1) is 0 Å². The molecule has 0 spiro atoms. The molecule has 0 saturated carbocycles. The van der Waals surface area contributed by atoms with Crippen molar-refractivity contribution in [1.82, 2.24) is 5.32 Å². The molecule has 2 rings (SSSR count). The number of aliphatic imine (C=N–C) groups is 1. The predicted molar refractivity (Wildman–Crippen MR) is 91.8 cm³/mol. The first-order chi connectivity index (χ1) is 11.0. The van der Waals surface area contributed by atoms with Gasteiger partial charge < -0.3 is 10.6 Å². The summed E-state index contributed by atoms with van der Waals surface area (Å²) in [4.78, 5) is 39.3. The SMILES string of the molecule is CCCN=C1NC(=O)C(CC(=O)Nc2ccc(C(C)=O)cc2)S1. The molecule has 0 bridgehead atoms. The van der Waals surface area contributed by atoms with E-state index in [0.29, 0.717) is 23.0 Å². The van der Waals surface area contributed by atoms with Gasteiger partial charge in [-0.25, -0.2) is 0 Å². The molecule has 2 amide bonds. The molecular formula is C16H19N3O3S. The molecule has 1 aliphatic rings. The van der Waals surface area contributed by atoms with E-state index in [2.05, 4.69) is 15.6 Å². The lowest BCUT2D eigenvalue weighted by Crippen LogP contribution is -2.28. The van der Waals surface area contributed by atoms with Crippen LogP contribution in [-0.4, -0.2) is 34.6 Å². The maximum Gasteiger partial charge on any atom is 0.240 e. The maximum absolute atomic E-state index is 12.0. The van der Waals surface area contributed by atoms with Crippen molar-refractivity contribution >= 4 is 40.2 Å². The Morgan fingerprint density at radius 3 is 2.61 bits per heavy atom. The Morgan fingerprint density at radius 1 is 1.30 bits per heavy atom. The number of amides is 2. The zero-order valence-corrected chi connectivity index (χ0v) is 13.9. The fourth-order valence-electron chi connectivity index (χ4n) is 2.00. The Kier molecular flexibility index (Phi) is 5.92. The first-order valence-corrected chi connectivity index (χ1v) is 8.30. The highest BCUT2D eigenvalue weighted by Crippen LogP contribution is 2.23. The minimum absolute atomic E-state index is 0.0270. The van der Waals surface area contributed by atoms with Crippen molar-refractivity contribution in [3.05, 3.63) is 29.8 Å². The van der Waals surface area contributed by atoms with Gasteiger partial charge in [0.15, 0.2) is 11.0 Å². The van der Waals surface area contributed by atoms with E-state index in [0.717, 1.165) is 6.42 Å². The molecule has 2 N–H and O–H groups in total. The molecule has 0 radical (unpaired) electrons. The van der Waals surface area contributed by atoms with E-state index < -0.39 is 5.25 Å². The van der Waals surface area contributed by atoms with Crippen molar-refractivity contribution in [2.45, 2.75) is 31.9 Å². The number of carbonyl (C=O) groups excluding carboxylic acids is 3. The van der Waals surface area contributed by atoms with E-state index >= 15 is 0 Å². The molecule has 1 unspecified atom stereocenters. The summed E-state index contributed by atoms with van der Waals surface area (Å²) in [6.45, 7) is 4.15. The van der Waals surface area contributed by atoms with Gasteiger partial charge in [0.25, 0.3) is 0 Å². The van der Waals surface area contributed by atoms with Crippen molar-refractivity contribution < 1.29 is 14.4 Å². The maximum atomic E-state index is 12.0. The molecule has 1 fully saturated rings. The Hall–Kier alpha value is -2.15. The van der Waals surface area contributed by atoms with E-state index in [1.165, 1.54) is 18.7 Å². The van der Waals surface area contributed by atoms with Gasteiger partial charge in [-0.2, -0.15) is 0 Å². The first kappa shape index (κ1) is 17.2. The van der Waals surface area contributed by atoms with Gasteiger partial charge >= 0.3 is 0 Å². The lowest BCUT2D eigenvalue weighted by atomic mass is 10.1. The summed E-state index contributed by atoms with van der Waals surface area (Å²) in [5.74, 6) is -0.460. The highest BCUT2D eigenvalue weighted by Gasteiger charge is 2.31. The molecule has 122 valence electrons. The van der Waals surface area contributed by atoms with Crippen LogP contribution in [-0.2, 0) is 9.59 Å². The van der Waals surface area contributed by atoms with Gasteiger partial charge in [-0.05, 0) is 37.6 Å². The van der Waals surface area contributed by atoms with E-state index in [4.69, 9.17) is 0 Å². The second-order valence-electron chi connectivity index (χ2n) is 5.17. The Morgan fingerprint density at radius 2 is 2.00 bits per heavy atom. The zero-order valence-electron chi connectivity index (χ0n) is 13.1. The van der Waals surface area contributed by atoms with Crippen molar-refractivity contribution in [2.24, 2.45) is 4.99 Å². The third kappa shape index (κ3) is 4.92. The van der Waals surface area contributed by atoms with Crippen LogP contribution < -0.4 is 10.6 Å². The summed E-state index contributed by atoms with van der Waals surface area (Å²) in [6, 6.07) is 6.66. The predicted octanol–water partition coefficient (Wildman–Crippen LogP) is 2.22. The lowest BCUT2D eigenvalue weighted by molar-refractivity contribution is -0.122. The van der Waals surface area contributed by atoms with Crippen LogP contribution in [0.25, 0.3) is 0 Å². The number of benzene rings is 1. The summed E-state index contributed by atoms with van der Waals surface area (Å²) >= 11 is 1.29. The van der Waals surface area contributed by atoms with Crippen molar-refractivity contribution in [2.75, 3.05) is 11.9 Å². The van der Waals surface area contributed by atoms with Gasteiger partial charge in [-0.15, -0.1) is 0 Å². The van der Waals surface area contributed by atoms with Gasteiger partial charge in [-0.1, -0.05) is 18.7 Å². The van der Waals surface area contributed by atoms with E-state index in [1.807, 2.05) is 6.92 Å². The number of ketones is 1. The van der Waals surface area contributed by atoms with Crippen molar-refractivity contribution in [3.8, 4) is 0 Å². The molecule has 1 aromatic rings. The van der Waals surface area contributed by atoms with Crippen LogP contribution in [0.4, 0.5) is 5.69 Å². The highest BCUT2D eigenvalue weighted by atomic mass is 32.2. The Labute approximate surface area is 139 Å². The minimum atomic E-state index is -0.456. The van der Waals surface area contributed by atoms with Crippen molar-refractivity contribution in [3.63, 3.8) is 0 Å². The van der Waals surface area contributed by atoms with Gasteiger partial charge in [-0.3, -0.25) is 19.4 Å². The number of rotatable bonds is 6. The molecule has 1 heterocycles. The molecule has 1 aliphatic heterocycles. The third-order valence-corrected chi connectivity index (χ3v) is 4.32. The number of nitrogens with one attached hydrogen (secondary N) is 2. The summed E-state index contributed by atoms with van der Waals surface area (Å²) < 4.78 is 0. The number of carbonyl (C=O) groups is 3. The summed E-state index contributed by atoms with van der Waals surface area (Å²) in [7, 11) is 0. The second-order valence-corrected chi connectivity index (χ2v) is 6.36. The topological polar surface area (TPSA) is 87.6 Å². The van der Waals surface area contributed by atoms with Crippen LogP contribution in [0, 0.1) is 0 Å². The fourth-order valence-corrected chi connectivity index (χ4v) is 2.99. The number of hydrogen-bond acceptors (Lipinski definition) is 5. The summed E-state index contributed by atoms with van der Waals surface area (Å²) in [5, 5.41) is 5.54.